The molecule has 1 aromatic carbocycles. The molecule has 1 fully saturated rings. The van der Waals surface area contributed by atoms with Gasteiger partial charge in [-0.1, -0.05) is 13.0 Å². The van der Waals surface area contributed by atoms with Crippen molar-refractivity contribution in [2.45, 2.75) is 19.4 Å². The van der Waals surface area contributed by atoms with Gasteiger partial charge in [0.15, 0.2) is 0 Å². The topological polar surface area (TPSA) is 53.0 Å². The van der Waals surface area contributed by atoms with Crippen molar-refractivity contribution >= 4 is 21.6 Å². The second-order valence-corrected chi connectivity index (χ2v) is 5.48. The third-order valence-electron chi connectivity index (χ3n) is 3.42. The van der Waals surface area contributed by atoms with E-state index >= 15 is 0 Å². The molecule has 2 N–H and O–H groups in total. The summed E-state index contributed by atoms with van der Waals surface area (Å²) in [5, 5.41) is 9.22. The van der Waals surface area contributed by atoms with Gasteiger partial charge in [0.1, 0.15) is 6.07 Å². The van der Waals surface area contributed by atoms with Crippen molar-refractivity contribution < 1.29 is 0 Å². The van der Waals surface area contributed by atoms with Gasteiger partial charge in [0.25, 0.3) is 0 Å². The third kappa shape index (κ3) is 2.46. The minimum absolute atomic E-state index is 0.281. The molecule has 1 aliphatic heterocycles. The Balaban J connectivity index is 2.29. The summed E-state index contributed by atoms with van der Waals surface area (Å²) >= 11 is 3.43. The maximum Gasteiger partial charge on any atom is 0.103 e. The van der Waals surface area contributed by atoms with Gasteiger partial charge in [-0.05, 0) is 40.4 Å². The summed E-state index contributed by atoms with van der Waals surface area (Å²) in [7, 11) is 0. The second kappa shape index (κ2) is 5.07. The van der Waals surface area contributed by atoms with E-state index in [9.17, 15) is 5.26 Å². The summed E-state index contributed by atoms with van der Waals surface area (Å²) in [6.45, 7) is 4.02. The Morgan fingerprint density at radius 3 is 2.94 bits per heavy atom. The smallest absolute Gasteiger partial charge is 0.103 e. The molecule has 3 nitrogen and oxygen atoms in total. The van der Waals surface area contributed by atoms with Gasteiger partial charge in [-0.15, -0.1) is 0 Å². The molecule has 0 spiro atoms. The molecule has 90 valence electrons. The lowest BCUT2D eigenvalue weighted by molar-refractivity contribution is 0.383. The molecule has 2 rings (SSSR count). The fourth-order valence-corrected chi connectivity index (χ4v) is 2.71. The molecule has 1 saturated heterocycles. The van der Waals surface area contributed by atoms with Gasteiger partial charge >= 0.3 is 0 Å². The SMILES string of the molecule is CC1CN(c2cccc(Br)c2C#N)CCC1N. The predicted molar refractivity (Wildman–Crippen MR) is 72.8 cm³/mol. The number of halogens is 1. The van der Waals surface area contributed by atoms with E-state index in [4.69, 9.17) is 5.73 Å². The first-order chi connectivity index (χ1) is 8.13. The number of rotatable bonds is 1. The zero-order valence-corrected chi connectivity index (χ0v) is 11.4. The highest BCUT2D eigenvalue weighted by molar-refractivity contribution is 9.10. The Hall–Kier alpha value is -1.05. The highest BCUT2D eigenvalue weighted by Gasteiger charge is 2.24. The van der Waals surface area contributed by atoms with Crippen LogP contribution < -0.4 is 10.6 Å². The summed E-state index contributed by atoms with van der Waals surface area (Å²) in [6, 6.07) is 8.43. The molecule has 2 atom stereocenters. The Labute approximate surface area is 110 Å². The van der Waals surface area contributed by atoms with Gasteiger partial charge in [-0.3, -0.25) is 0 Å². The fourth-order valence-electron chi connectivity index (χ4n) is 2.27. The van der Waals surface area contributed by atoms with E-state index in [1.165, 1.54) is 0 Å². The monoisotopic (exact) mass is 293 g/mol. The zero-order valence-electron chi connectivity index (χ0n) is 9.86. The van der Waals surface area contributed by atoms with Crippen LogP contribution in [0.1, 0.15) is 18.9 Å². The van der Waals surface area contributed by atoms with Gasteiger partial charge in [0, 0.05) is 23.6 Å². The van der Waals surface area contributed by atoms with E-state index < -0.39 is 0 Å². The number of nitrogens with zero attached hydrogens (tertiary/aromatic N) is 2. The lowest BCUT2D eigenvalue weighted by Gasteiger charge is -2.37. The zero-order chi connectivity index (χ0) is 12.4. The maximum absolute atomic E-state index is 9.22. The second-order valence-electron chi connectivity index (χ2n) is 4.62. The number of hydrogen-bond acceptors (Lipinski definition) is 3. The van der Waals surface area contributed by atoms with Gasteiger partial charge in [-0.25, -0.2) is 0 Å². The molecule has 17 heavy (non-hydrogen) atoms. The standard InChI is InChI=1S/C13H16BrN3/c1-9-8-17(6-5-12(9)16)13-4-2-3-11(14)10(13)7-15/h2-4,9,12H,5-6,8,16H2,1H3. The molecule has 4 heteroatoms. The van der Waals surface area contributed by atoms with E-state index in [0.29, 0.717) is 5.92 Å². The lowest BCUT2D eigenvalue weighted by atomic mass is 9.94. The van der Waals surface area contributed by atoms with Crippen LogP contribution in [0.3, 0.4) is 0 Å². The van der Waals surface area contributed by atoms with Crippen LogP contribution in [0.25, 0.3) is 0 Å². The van der Waals surface area contributed by atoms with Crippen LogP contribution in [0, 0.1) is 17.2 Å². The van der Waals surface area contributed by atoms with E-state index in [2.05, 4.69) is 33.8 Å². The summed E-state index contributed by atoms with van der Waals surface area (Å²) in [6.07, 6.45) is 0.985. The quantitative estimate of drug-likeness (QED) is 0.865. The normalized spacial score (nSPS) is 24.5. The summed E-state index contributed by atoms with van der Waals surface area (Å²) in [5.41, 5.74) is 7.75. The van der Waals surface area contributed by atoms with Gasteiger partial charge in [0.05, 0.1) is 11.3 Å². The molecule has 0 bridgehead atoms. The fraction of sp³-hybridized carbons (Fsp3) is 0.462. The first kappa shape index (κ1) is 12.4. The average Bonchev–Trinajstić information content (AvgIpc) is 2.32. The van der Waals surface area contributed by atoms with Gasteiger partial charge < -0.3 is 10.6 Å². The summed E-state index contributed by atoms with van der Waals surface area (Å²) in [4.78, 5) is 2.26. The van der Waals surface area contributed by atoms with E-state index in [0.717, 1.165) is 35.2 Å². The molecule has 1 heterocycles. The molecule has 0 aliphatic carbocycles. The van der Waals surface area contributed by atoms with Crippen LogP contribution in [0.2, 0.25) is 0 Å². The highest BCUT2D eigenvalue weighted by atomic mass is 79.9. The first-order valence-electron chi connectivity index (χ1n) is 5.82. The van der Waals surface area contributed by atoms with Crippen molar-refractivity contribution in [1.82, 2.24) is 0 Å². The lowest BCUT2D eigenvalue weighted by Crippen LogP contribution is -2.46. The molecule has 0 saturated carbocycles. The van der Waals surface area contributed by atoms with Crippen molar-refractivity contribution in [2.24, 2.45) is 11.7 Å². The first-order valence-corrected chi connectivity index (χ1v) is 6.62. The Morgan fingerprint density at radius 2 is 2.29 bits per heavy atom. The molecule has 0 aromatic heterocycles. The van der Waals surface area contributed by atoms with Crippen molar-refractivity contribution in [2.75, 3.05) is 18.0 Å². The minimum Gasteiger partial charge on any atom is -0.370 e. The molecule has 1 aromatic rings. The van der Waals surface area contributed by atoms with Crippen LogP contribution in [0.4, 0.5) is 5.69 Å². The summed E-state index contributed by atoms with van der Waals surface area (Å²) < 4.78 is 0.861. The number of benzene rings is 1. The molecule has 1 aliphatic rings. The Morgan fingerprint density at radius 1 is 1.53 bits per heavy atom. The Bertz CT molecular complexity index is 452. The van der Waals surface area contributed by atoms with E-state index in [1.54, 1.807) is 0 Å². The maximum atomic E-state index is 9.22. The van der Waals surface area contributed by atoms with Crippen molar-refractivity contribution in [3.8, 4) is 6.07 Å². The number of piperidine rings is 1. The number of anilines is 1. The van der Waals surface area contributed by atoms with Gasteiger partial charge in [0.2, 0.25) is 0 Å². The number of nitriles is 1. The number of hydrogen-bond donors (Lipinski definition) is 1. The molecule has 2 unspecified atom stereocenters. The Kier molecular flexibility index (Phi) is 3.70. The predicted octanol–water partition coefficient (Wildman–Crippen LogP) is 2.49. The molecular weight excluding hydrogens is 278 g/mol. The minimum atomic E-state index is 0.281. The van der Waals surface area contributed by atoms with Crippen LogP contribution in [-0.4, -0.2) is 19.1 Å². The van der Waals surface area contributed by atoms with Crippen LogP contribution >= 0.6 is 15.9 Å². The highest BCUT2D eigenvalue weighted by Crippen LogP contribution is 2.30. The van der Waals surface area contributed by atoms with E-state index in [-0.39, 0.29) is 6.04 Å². The molecular formula is C13H16BrN3. The molecule has 0 amide bonds. The van der Waals surface area contributed by atoms with Crippen molar-refractivity contribution in [3.05, 3.63) is 28.2 Å². The van der Waals surface area contributed by atoms with Crippen LogP contribution in [0.15, 0.2) is 22.7 Å². The average molecular weight is 294 g/mol. The van der Waals surface area contributed by atoms with Gasteiger partial charge in [-0.2, -0.15) is 5.26 Å². The molecule has 0 radical (unpaired) electrons. The van der Waals surface area contributed by atoms with Crippen LogP contribution in [0.5, 0.6) is 0 Å². The van der Waals surface area contributed by atoms with Crippen molar-refractivity contribution in [3.63, 3.8) is 0 Å². The van der Waals surface area contributed by atoms with E-state index in [1.807, 2.05) is 18.2 Å². The third-order valence-corrected chi connectivity index (χ3v) is 4.08. The number of nitrogens with two attached hydrogens (primary N) is 1. The van der Waals surface area contributed by atoms with Crippen molar-refractivity contribution in [1.29, 1.82) is 5.26 Å². The largest absolute Gasteiger partial charge is 0.370 e. The summed E-state index contributed by atoms with van der Waals surface area (Å²) in [5.74, 6) is 0.467. The van der Waals surface area contributed by atoms with Crippen LogP contribution in [-0.2, 0) is 0 Å².